The van der Waals surface area contributed by atoms with Crippen molar-refractivity contribution in [2.75, 3.05) is 0 Å². The van der Waals surface area contributed by atoms with Crippen LogP contribution in [0.15, 0.2) is 71.5 Å². The average molecular weight is 316 g/mol. The van der Waals surface area contributed by atoms with Crippen molar-refractivity contribution in [1.29, 1.82) is 0 Å². The summed E-state index contributed by atoms with van der Waals surface area (Å²) in [5.74, 6) is -0.0448. The van der Waals surface area contributed by atoms with Gasteiger partial charge in [0.25, 0.3) is 5.56 Å². The fourth-order valence-corrected chi connectivity index (χ4v) is 2.23. The smallest absolute Gasteiger partial charge is 0.269 e. The predicted molar refractivity (Wildman–Crippen MR) is 80.3 cm³/mol. The second-order valence-electron chi connectivity index (χ2n) is 4.84. The molecule has 23 heavy (non-hydrogen) atoms. The summed E-state index contributed by atoms with van der Waals surface area (Å²) in [5.41, 5.74) is -1.09. The number of alkyl halides is 3. The summed E-state index contributed by atoms with van der Waals surface area (Å²) >= 11 is 0. The third-order valence-corrected chi connectivity index (χ3v) is 3.26. The summed E-state index contributed by atoms with van der Waals surface area (Å²) in [4.78, 5) is 16.0. The number of halogens is 3. The summed E-state index contributed by atoms with van der Waals surface area (Å²) in [5, 5.41) is 0. The van der Waals surface area contributed by atoms with Crippen molar-refractivity contribution < 1.29 is 13.2 Å². The van der Waals surface area contributed by atoms with E-state index in [9.17, 15) is 18.0 Å². The molecule has 0 saturated carbocycles. The van der Waals surface area contributed by atoms with E-state index in [0.717, 1.165) is 0 Å². The highest BCUT2D eigenvalue weighted by molar-refractivity contribution is 5.58. The normalized spacial score (nSPS) is 11.4. The van der Waals surface area contributed by atoms with Gasteiger partial charge in [0, 0.05) is 11.6 Å². The SMILES string of the molecule is O=c1cc(C(F)(F)F)nc(-c2ccccc2)n1-c1ccccc1. The zero-order valence-electron chi connectivity index (χ0n) is 11.8. The van der Waals surface area contributed by atoms with Crippen LogP contribution < -0.4 is 5.56 Å². The third-order valence-electron chi connectivity index (χ3n) is 3.26. The van der Waals surface area contributed by atoms with Crippen molar-refractivity contribution in [3.8, 4) is 17.1 Å². The molecule has 0 unspecified atom stereocenters. The van der Waals surface area contributed by atoms with E-state index in [-0.39, 0.29) is 5.82 Å². The monoisotopic (exact) mass is 316 g/mol. The number of hydrogen-bond donors (Lipinski definition) is 0. The van der Waals surface area contributed by atoms with Gasteiger partial charge in [-0.05, 0) is 12.1 Å². The van der Waals surface area contributed by atoms with Gasteiger partial charge in [-0.25, -0.2) is 4.98 Å². The highest BCUT2D eigenvalue weighted by Crippen LogP contribution is 2.29. The van der Waals surface area contributed by atoms with Gasteiger partial charge in [-0.1, -0.05) is 48.5 Å². The van der Waals surface area contributed by atoms with Crippen LogP contribution in [-0.2, 0) is 6.18 Å². The van der Waals surface area contributed by atoms with Gasteiger partial charge in [-0.3, -0.25) is 9.36 Å². The minimum absolute atomic E-state index is 0.0448. The number of nitrogens with zero attached hydrogens (tertiary/aromatic N) is 2. The second kappa shape index (κ2) is 5.72. The Bertz CT molecular complexity index is 872. The van der Waals surface area contributed by atoms with Gasteiger partial charge in [0.2, 0.25) is 0 Å². The Balaban J connectivity index is 2.33. The van der Waals surface area contributed by atoms with Gasteiger partial charge >= 0.3 is 6.18 Å². The Labute approximate surface area is 129 Å². The fourth-order valence-electron chi connectivity index (χ4n) is 2.23. The lowest BCUT2D eigenvalue weighted by Crippen LogP contribution is -2.24. The van der Waals surface area contributed by atoms with E-state index in [4.69, 9.17) is 0 Å². The molecule has 3 nitrogen and oxygen atoms in total. The molecule has 0 amide bonds. The summed E-state index contributed by atoms with van der Waals surface area (Å²) in [6, 6.07) is 17.3. The largest absolute Gasteiger partial charge is 0.433 e. The molecule has 3 aromatic rings. The summed E-state index contributed by atoms with van der Waals surface area (Å²) in [6.07, 6.45) is -4.68. The third kappa shape index (κ3) is 3.01. The Morgan fingerprint density at radius 2 is 1.43 bits per heavy atom. The molecular formula is C17H11F3N2O. The lowest BCUT2D eigenvalue weighted by molar-refractivity contribution is -0.141. The van der Waals surface area contributed by atoms with Gasteiger partial charge in [0.1, 0.15) is 5.82 Å². The van der Waals surface area contributed by atoms with E-state index in [0.29, 0.717) is 17.3 Å². The van der Waals surface area contributed by atoms with Crippen LogP contribution in [0.1, 0.15) is 5.69 Å². The zero-order chi connectivity index (χ0) is 16.4. The van der Waals surface area contributed by atoms with Crippen LogP contribution in [-0.4, -0.2) is 9.55 Å². The highest BCUT2D eigenvalue weighted by Gasteiger charge is 2.34. The summed E-state index contributed by atoms with van der Waals surface area (Å²) in [6.45, 7) is 0. The maximum absolute atomic E-state index is 13.0. The quantitative estimate of drug-likeness (QED) is 0.718. The number of aromatic nitrogens is 2. The molecule has 0 bridgehead atoms. The molecule has 3 rings (SSSR count). The first kappa shape index (κ1) is 15.0. The van der Waals surface area contributed by atoms with Crippen molar-refractivity contribution in [2.45, 2.75) is 6.18 Å². The molecule has 0 aliphatic rings. The highest BCUT2D eigenvalue weighted by atomic mass is 19.4. The molecule has 0 aliphatic heterocycles. The van der Waals surface area contributed by atoms with Gasteiger partial charge in [-0.2, -0.15) is 13.2 Å². The van der Waals surface area contributed by atoms with Gasteiger partial charge in [0.05, 0.1) is 5.69 Å². The van der Waals surface area contributed by atoms with Crippen LogP contribution in [0.25, 0.3) is 17.1 Å². The van der Waals surface area contributed by atoms with E-state index in [1.807, 2.05) is 0 Å². The molecule has 0 aliphatic carbocycles. The number of hydrogen-bond acceptors (Lipinski definition) is 2. The van der Waals surface area contributed by atoms with Crippen LogP contribution in [0.4, 0.5) is 13.2 Å². The standard InChI is InChI=1S/C17H11F3N2O/c18-17(19,20)14-11-15(23)22(13-9-5-2-6-10-13)16(21-14)12-7-3-1-4-8-12/h1-11H. The molecule has 0 fully saturated rings. The second-order valence-corrected chi connectivity index (χ2v) is 4.84. The minimum Gasteiger partial charge on any atom is -0.269 e. The van der Waals surface area contributed by atoms with Crippen molar-refractivity contribution in [3.63, 3.8) is 0 Å². The first-order valence-corrected chi connectivity index (χ1v) is 6.79. The average Bonchev–Trinajstić information content (AvgIpc) is 2.55. The minimum atomic E-state index is -4.68. The molecule has 0 N–H and O–H groups in total. The Kier molecular flexibility index (Phi) is 3.73. The van der Waals surface area contributed by atoms with E-state index in [1.165, 1.54) is 4.57 Å². The Hall–Kier alpha value is -2.89. The molecule has 1 aromatic heterocycles. The lowest BCUT2D eigenvalue weighted by atomic mass is 10.2. The van der Waals surface area contributed by atoms with Gasteiger partial charge < -0.3 is 0 Å². The Morgan fingerprint density at radius 1 is 0.870 bits per heavy atom. The van der Waals surface area contributed by atoms with Crippen LogP contribution in [0.2, 0.25) is 0 Å². The van der Waals surface area contributed by atoms with E-state index in [2.05, 4.69) is 4.98 Å². The number of benzene rings is 2. The van der Waals surface area contributed by atoms with Gasteiger partial charge in [0.15, 0.2) is 5.69 Å². The number of para-hydroxylation sites is 1. The first-order chi connectivity index (χ1) is 11.0. The van der Waals surface area contributed by atoms with Crippen molar-refractivity contribution in [2.24, 2.45) is 0 Å². The van der Waals surface area contributed by atoms with Crippen molar-refractivity contribution in [1.82, 2.24) is 9.55 Å². The molecular weight excluding hydrogens is 305 g/mol. The Morgan fingerprint density at radius 3 is 2.00 bits per heavy atom. The molecule has 116 valence electrons. The number of rotatable bonds is 2. The topological polar surface area (TPSA) is 34.9 Å². The molecule has 0 saturated heterocycles. The van der Waals surface area contributed by atoms with E-state index in [1.54, 1.807) is 60.7 Å². The molecule has 0 radical (unpaired) electrons. The molecule has 1 heterocycles. The molecule has 0 atom stereocenters. The lowest BCUT2D eigenvalue weighted by Gasteiger charge is -2.14. The van der Waals surface area contributed by atoms with Crippen molar-refractivity contribution >= 4 is 0 Å². The summed E-state index contributed by atoms with van der Waals surface area (Å²) < 4.78 is 40.1. The fraction of sp³-hybridized carbons (Fsp3) is 0.0588. The van der Waals surface area contributed by atoms with Crippen molar-refractivity contribution in [3.05, 3.63) is 82.8 Å². The maximum atomic E-state index is 13.0. The molecule has 2 aromatic carbocycles. The van der Waals surface area contributed by atoms with Gasteiger partial charge in [-0.15, -0.1) is 0 Å². The zero-order valence-corrected chi connectivity index (χ0v) is 11.8. The first-order valence-electron chi connectivity index (χ1n) is 6.79. The molecule has 0 spiro atoms. The van der Waals surface area contributed by atoms with Crippen LogP contribution in [0.5, 0.6) is 0 Å². The maximum Gasteiger partial charge on any atom is 0.433 e. The van der Waals surface area contributed by atoms with E-state index < -0.39 is 17.4 Å². The van der Waals surface area contributed by atoms with Crippen LogP contribution in [0.3, 0.4) is 0 Å². The predicted octanol–water partition coefficient (Wildman–Crippen LogP) is 3.92. The van der Waals surface area contributed by atoms with Crippen LogP contribution >= 0.6 is 0 Å². The van der Waals surface area contributed by atoms with Crippen LogP contribution in [0, 0.1) is 0 Å². The van der Waals surface area contributed by atoms with E-state index >= 15 is 0 Å². The summed E-state index contributed by atoms with van der Waals surface area (Å²) in [7, 11) is 0. The molecule has 6 heteroatoms.